The fraction of sp³-hybridized carbons (Fsp3) is 0.158. The Labute approximate surface area is 151 Å². The molecule has 0 bridgehead atoms. The molecule has 0 radical (unpaired) electrons. The van der Waals surface area contributed by atoms with Crippen molar-refractivity contribution in [1.29, 1.82) is 0 Å². The number of anilines is 2. The fourth-order valence-electron chi connectivity index (χ4n) is 2.46. The highest BCUT2D eigenvalue weighted by molar-refractivity contribution is 5.88. The van der Waals surface area contributed by atoms with E-state index in [4.69, 9.17) is 0 Å². The average molecular weight is 349 g/mol. The number of nitrogens with zero attached hydrogens (tertiary/aromatic N) is 3. The third kappa shape index (κ3) is 4.20. The molecule has 0 saturated heterocycles. The lowest BCUT2D eigenvalue weighted by Gasteiger charge is -2.16. The Kier molecular flexibility index (Phi) is 5.19. The van der Waals surface area contributed by atoms with Crippen molar-refractivity contribution in [1.82, 2.24) is 15.0 Å². The van der Waals surface area contributed by atoms with Crippen molar-refractivity contribution in [3.05, 3.63) is 66.4 Å². The van der Waals surface area contributed by atoms with Crippen molar-refractivity contribution in [2.24, 2.45) is 0 Å². The molecule has 0 aliphatic rings. The molecular formula is C19H19N5O2. The van der Waals surface area contributed by atoms with E-state index in [1.807, 2.05) is 12.1 Å². The van der Waals surface area contributed by atoms with Gasteiger partial charge in [-0.15, -0.1) is 0 Å². The number of aliphatic hydroxyl groups is 1. The van der Waals surface area contributed by atoms with Gasteiger partial charge in [-0.3, -0.25) is 14.8 Å². The minimum absolute atomic E-state index is 0.135. The summed E-state index contributed by atoms with van der Waals surface area (Å²) in [4.78, 5) is 24.0. The second-order valence-corrected chi connectivity index (χ2v) is 5.77. The van der Waals surface area contributed by atoms with E-state index in [1.54, 1.807) is 49.8 Å². The molecular weight excluding hydrogens is 330 g/mol. The van der Waals surface area contributed by atoms with E-state index in [9.17, 15) is 9.90 Å². The Bertz CT molecular complexity index is 898. The summed E-state index contributed by atoms with van der Waals surface area (Å²) in [6, 6.07) is 10.7. The van der Waals surface area contributed by atoms with Gasteiger partial charge >= 0.3 is 0 Å². The first-order valence-electron chi connectivity index (χ1n) is 8.09. The molecule has 26 heavy (non-hydrogen) atoms. The Hall–Kier alpha value is -3.32. The van der Waals surface area contributed by atoms with E-state index in [-0.39, 0.29) is 5.91 Å². The summed E-state index contributed by atoms with van der Waals surface area (Å²) in [5, 5.41) is 16.2. The summed E-state index contributed by atoms with van der Waals surface area (Å²) in [5.41, 5.74) is 3.92. The predicted octanol–water partition coefficient (Wildman–Crippen LogP) is 2.91. The third-order valence-corrected chi connectivity index (χ3v) is 3.72. The van der Waals surface area contributed by atoms with Crippen LogP contribution in [0.25, 0.3) is 11.3 Å². The Morgan fingerprint density at radius 2 is 1.85 bits per heavy atom. The normalized spacial score (nSPS) is 11.7. The molecule has 132 valence electrons. The number of amides is 1. The molecule has 0 aliphatic carbocycles. The minimum Gasteiger partial charge on any atom is -0.368 e. The van der Waals surface area contributed by atoms with Gasteiger partial charge in [-0.25, -0.2) is 4.98 Å². The molecule has 3 N–H and O–H groups in total. The van der Waals surface area contributed by atoms with Crippen molar-refractivity contribution in [3.63, 3.8) is 0 Å². The lowest BCUT2D eigenvalue weighted by atomic mass is 10.2. The first-order chi connectivity index (χ1) is 12.5. The molecule has 1 aromatic carbocycles. The van der Waals surface area contributed by atoms with Gasteiger partial charge in [0.1, 0.15) is 5.69 Å². The van der Waals surface area contributed by atoms with Crippen LogP contribution in [-0.2, 0) is 4.79 Å². The number of benzene rings is 1. The third-order valence-electron chi connectivity index (χ3n) is 3.72. The molecule has 7 heteroatoms. The molecule has 0 saturated carbocycles. The molecule has 0 aliphatic heterocycles. The molecule has 0 fully saturated rings. The van der Waals surface area contributed by atoms with Crippen molar-refractivity contribution in [2.45, 2.75) is 20.1 Å². The van der Waals surface area contributed by atoms with Gasteiger partial charge in [-0.2, -0.15) is 0 Å². The van der Waals surface area contributed by atoms with Crippen LogP contribution in [0.4, 0.5) is 11.4 Å². The maximum absolute atomic E-state index is 11.1. The van der Waals surface area contributed by atoms with E-state index in [0.717, 1.165) is 5.56 Å². The molecule has 7 nitrogen and oxygen atoms in total. The van der Waals surface area contributed by atoms with E-state index in [1.165, 1.54) is 6.92 Å². The number of aryl methyl sites for hydroxylation is 1. The number of aromatic nitrogens is 3. The van der Waals surface area contributed by atoms with Crippen LogP contribution >= 0.6 is 0 Å². The number of nitrogens with one attached hydrogen (secondary N) is 2. The first-order valence-corrected chi connectivity index (χ1v) is 8.09. The fourth-order valence-corrected chi connectivity index (χ4v) is 2.46. The number of pyridine rings is 1. The smallest absolute Gasteiger partial charge is 0.221 e. The van der Waals surface area contributed by atoms with E-state index in [2.05, 4.69) is 25.6 Å². The van der Waals surface area contributed by atoms with Crippen molar-refractivity contribution >= 4 is 17.3 Å². The van der Waals surface area contributed by atoms with Gasteiger partial charge in [0.05, 0.1) is 17.6 Å². The van der Waals surface area contributed by atoms with Gasteiger partial charge in [-0.05, 0) is 43.3 Å². The lowest BCUT2D eigenvalue weighted by molar-refractivity contribution is -0.114. The monoisotopic (exact) mass is 349 g/mol. The van der Waals surface area contributed by atoms with E-state index < -0.39 is 6.23 Å². The highest BCUT2D eigenvalue weighted by Gasteiger charge is 2.15. The largest absolute Gasteiger partial charge is 0.368 e. The summed E-state index contributed by atoms with van der Waals surface area (Å²) in [5.74, 6) is -0.135. The topological polar surface area (TPSA) is 100 Å². The van der Waals surface area contributed by atoms with Crippen LogP contribution in [0.2, 0.25) is 0 Å². The molecule has 3 rings (SSSR count). The molecule has 3 aromatic rings. The van der Waals surface area contributed by atoms with Crippen LogP contribution in [0.15, 0.2) is 55.0 Å². The van der Waals surface area contributed by atoms with E-state index in [0.29, 0.717) is 28.5 Å². The SMILES string of the molecule is CC(=O)Nc1ccc(NC(O)c2nc(-c3cccnc3)cnc2C)cc1. The van der Waals surface area contributed by atoms with Crippen molar-refractivity contribution in [3.8, 4) is 11.3 Å². The molecule has 1 atom stereocenters. The quantitative estimate of drug-likeness (QED) is 0.613. The van der Waals surface area contributed by atoms with Gasteiger partial charge < -0.3 is 15.7 Å². The molecule has 1 unspecified atom stereocenters. The lowest BCUT2D eigenvalue weighted by Crippen LogP contribution is -2.14. The molecule has 2 aromatic heterocycles. The predicted molar refractivity (Wildman–Crippen MR) is 99.3 cm³/mol. The zero-order chi connectivity index (χ0) is 18.5. The number of rotatable bonds is 5. The summed E-state index contributed by atoms with van der Waals surface area (Å²) in [7, 11) is 0. The zero-order valence-electron chi connectivity index (χ0n) is 14.5. The first kappa shape index (κ1) is 17.5. The zero-order valence-corrected chi connectivity index (χ0v) is 14.5. The van der Waals surface area contributed by atoms with Crippen molar-refractivity contribution in [2.75, 3.05) is 10.6 Å². The summed E-state index contributed by atoms with van der Waals surface area (Å²) >= 11 is 0. The minimum atomic E-state index is -1.02. The molecule has 0 spiro atoms. The highest BCUT2D eigenvalue weighted by atomic mass is 16.3. The maximum atomic E-state index is 11.1. The van der Waals surface area contributed by atoms with Crippen molar-refractivity contribution < 1.29 is 9.90 Å². The summed E-state index contributed by atoms with van der Waals surface area (Å²) in [6.45, 7) is 3.24. The van der Waals surface area contributed by atoms with Gasteiger partial charge in [0.2, 0.25) is 5.91 Å². The second-order valence-electron chi connectivity index (χ2n) is 5.77. The van der Waals surface area contributed by atoms with Crippen LogP contribution in [-0.4, -0.2) is 26.0 Å². The Morgan fingerprint density at radius 3 is 2.50 bits per heavy atom. The number of hydrogen-bond acceptors (Lipinski definition) is 6. The molecule has 1 amide bonds. The Morgan fingerprint density at radius 1 is 1.12 bits per heavy atom. The molecule has 2 heterocycles. The van der Waals surface area contributed by atoms with Gasteiger partial charge in [-0.1, -0.05) is 0 Å². The van der Waals surface area contributed by atoms with Crippen LogP contribution in [0.1, 0.15) is 24.5 Å². The Balaban J connectivity index is 1.79. The number of aliphatic hydroxyl groups excluding tert-OH is 1. The number of carbonyl (C=O) groups excluding carboxylic acids is 1. The van der Waals surface area contributed by atoms with Gasteiger partial charge in [0, 0.05) is 36.3 Å². The van der Waals surface area contributed by atoms with Gasteiger partial charge in [0.15, 0.2) is 6.23 Å². The van der Waals surface area contributed by atoms with E-state index >= 15 is 0 Å². The summed E-state index contributed by atoms with van der Waals surface area (Å²) in [6.07, 6.45) is 4.02. The number of carbonyl (C=O) groups is 1. The number of hydrogen-bond donors (Lipinski definition) is 3. The highest BCUT2D eigenvalue weighted by Crippen LogP contribution is 2.22. The standard InChI is InChI=1S/C19H19N5O2/c1-12-18(24-17(11-21-12)14-4-3-9-20-10-14)19(26)23-16-7-5-15(6-8-16)22-13(2)25/h3-11,19,23,26H,1-2H3,(H,22,25). The van der Waals surface area contributed by atoms with Gasteiger partial charge in [0.25, 0.3) is 0 Å². The second kappa shape index (κ2) is 7.71. The van der Waals surface area contributed by atoms with Crippen LogP contribution in [0, 0.1) is 6.92 Å². The van der Waals surface area contributed by atoms with Crippen LogP contribution < -0.4 is 10.6 Å². The van der Waals surface area contributed by atoms with Crippen LogP contribution in [0.3, 0.4) is 0 Å². The summed E-state index contributed by atoms with van der Waals surface area (Å²) < 4.78 is 0. The average Bonchev–Trinajstić information content (AvgIpc) is 2.64. The maximum Gasteiger partial charge on any atom is 0.221 e. The van der Waals surface area contributed by atoms with Crippen LogP contribution in [0.5, 0.6) is 0 Å².